The van der Waals surface area contributed by atoms with Gasteiger partial charge in [-0.3, -0.25) is 9.59 Å². The van der Waals surface area contributed by atoms with Crippen LogP contribution in [0, 0.1) is 0 Å². The molecule has 0 saturated carbocycles. The lowest BCUT2D eigenvalue weighted by Gasteiger charge is -2.29. The summed E-state index contributed by atoms with van der Waals surface area (Å²) in [6.07, 6.45) is 0.222. The molecule has 0 fully saturated rings. The molecule has 0 bridgehead atoms. The summed E-state index contributed by atoms with van der Waals surface area (Å²) in [6, 6.07) is 25.4. The van der Waals surface area contributed by atoms with E-state index < -0.39 is 0 Å². The number of para-hydroxylation sites is 2. The van der Waals surface area contributed by atoms with Gasteiger partial charge in [0.15, 0.2) is 6.61 Å². The number of carbonyl (C=O) groups is 2. The van der Waals surface area contributed by atoms with Gasteiger partial charge in [0.25, 0.3) is 5.91 Å². The summed E-state index contributed by atoms with van der Waals surface area (Å²) < 4.78 is 11.2. The Labute approximate surface area is 187 Å². The number of carbonyl (C=O) groups excluding carboxylic acids is 2. The van der Waals surface area contributed by atoms with Crippen LogP contribution in [0.2, 0.25) is 0 Å². The first-order valence-corrected chi connectivity index (χ1v) is 10.7. The summed E-state index contributed by atoms with van der Waals surface area (Å²) in [5, 5.41) is 2.94. The third-order valence-electron chi connectivity index (χ3n) is 5.23. The van der Waals surface area contributed by atoms with E-state index in [9.17, 15) is 9.59 Å². The normalized spacial score (nSPS) is 12.8. The summed E-state index contributed by atoms with van der Waals surface area (Å²) in [5.74, 6) is 0.422. The van der Waals surface area contributed by atoms with Crippen LogP contribution < -0.4 is 15.0 Å². The fraction of sp³-hybridized carbons (Fsp3) is 0.231. The third kappa shape index (κ3) is 5.74. The molecule has 3 aromatic carbocycles. The summed E-state index contributed by atoms with van der Waals surface area (Å²) in [4.78, 5) is 26.2. The lowest BCUT2D eigenvalue weighted by atomic mass is 10.1. The maximum atomic E-state index is 12.4. The number of ether oxygens (including phenoxy) is 2. The van der Waals surface area contributed by atoms with Gasteiger partial charge in [-0.1, -0.05) is 66.7 Å². The van der Waals surface area contributed by atoms with Gasteiger partial charge in [0.05, 0.1) is 18.9 Å². The Morgan fingerprint density at radius 3 is 2.50 bits per heavy atom. The number of hydrogen-bond acceptors (Lipinski definition) is 4. The van der Waals surface area contributed by atoms with Crippen LogP contribution in [-0.4, -0.2) is 25.0 Å². The van der Waals surface area contributed by atoms with Crippen molar-refractivity contribution in [2.24, 2.45) is 0 Å². The second kappa shape index (κ2) is 10.6. The molecule has 1 aliphatic heterocycles. The van der Waals surface area contributed by atoms with Crippen LogP contribution in [0.1, 0.15) is 23.1 Å². The Balaban J connectivity index is 1.24. The van der Waals surface area contributed by atoms with Crippen molar-refractivity contribution in [1.29, 1.82) is 0 Å². The summed E-state index contributed by atoms with van der Waals surface area (Å²) in [6.45, 7) is 1.82. The van der Waals surface area contributed by atoms with Crippen LogP contribution >= 0.6 is 0 Å². The second-order valence-corrected chi connectivity index (χ2v) is 7.63. The first kappa shape index (κ1) is 21.6. The monoisotopic (exact) mass is 430 g/mol. The zero-order valence-corrected chi connectivity index (χ0v) is 17.8. The molecule has 0 atom stereocenters. The minimum atomic E-state index is -0.139. The van der Waals surface area contributed by atoms with Gasteiger partial charge in [0.1, 0.15) is 5.75 Å². The third-order valence-corrected chi connectivity index (χ3v) is 5.23. The van der Waals surface area contributed by atoms with Crippen LogP contribution in [0.5, 0.6) is 5.75 Å². The number of amides is 2. The van der Waals surface area contributed by atoms with E-state index in [0.29, 0.717) is 37.7 Å². The van der Waals surface area contributed by atoms with Gasteiger partial charge in [-0.2, -0.15) is 0 Å². The molecule has 0 saturated heterocycles. The molecule has 0 spiro atoms. The SMILES string of the molecule is O=C(CCN1C(=O)COc2ccccc21)NCc1cccc(COCc2ccccc2)c1. The van der Waals surface area contributed by atoms with E-state index in [1.54, 1.807) is 4.90 Å². The van der Waals surface area contributed by atoms with Gasteiger partial charge in [0.2, 0.25) is 5.91 Å². The fourth-order valence-electron chi connectivity index (χ4n) is 3.59. The van der Waals surface area contributed by atoms with Crippen molar-refractivity contribution in [1.82, 2.24) is 5.32 Å². The van der Waals surface area contributed by atoms with Crippen LogP contribution in [0.4, 0.5) is 5.69 Å². The highest BCUT2D eigenvalue weighted by Gasteiger charge is 2.25. The summed E-state index contributed by atoms with van der Waals surface area (Å²) in [7, 11) is 0. The van der Waals surface area contributed by atoms with Gasteiger partial charge in [-0.25, -0.2) is 0 Å². The molecule has 4 rings (SSSR count). The molecule has 164 valence electrons. The Hall–Kier alpha value is -3.64. The molecule has 6 heteroatoms. The van der Waals surface area contributed by atoms with E-state index in [1.807, 2.05) is 78.9 Å². The highest BCUT2D eigenvalue weighted by Crippen LogP contribution is 2.31. The average molecular weight is 431 g/mol. The molecule has 1 heterocycles. The van der Waals surface area contributed by atoms with Gasteiger partial charge >= 0.3 is 0 Å². The summed E-state index contributed by atoms with van der Waals surface area (Å²) in [5.41, 5.74) is 3.91. The summed E-state index contributed by atoms with van der Waals surface area (Å²) >= 11 is 0. The molecular formula is C26H26N2O4. The minimum absolute atomic E-state index is 0.00221. The standard InChI is InChI=1S/C26H26N2O4/c29-25(13-14-28-23-11-4-5-12-24(23)32-19-26(28)30)27-16-21-9-6-10-22(15-21)18-31-17-20-7-2-1-3-8-20/h1-12,15H,13-14,16-19H2,(H,27,29). The van der Waals surface area contributed by atoms with E-state index in [4.69, 9.17) is 9.47 Å². The molecule has 6 nitrogen and oxygen atoms in total. The van der Waals surface area contributed by atoms with E-state index in [2.05, 4.69) is 5.32 Å². The topological polar surface area (TPSA) is 67.9 Å². The smallest absolute Gasteiger partial charge is 0.265 e. The van der Waals surface area contributed by atoms with Crippen molar-refractivity contribution < 1.29 is 19.1 Å². The minimum Gasteiger partial charge on any atom is -0.482 e. The molecule has 0 unspecified atom stereocenters. The van der Waals surface area contributed by atoms with Crippen molar-refractivity contribution in [3.63, 3.8) is 0 Å². The van der Waals surface area contributed by atoms with E-state index in [-0.39, 0.29) is 24.8 Å². The first-order valence-electron chi connectivity index (χ1n) is 10.7. The number of benzene rings is 3. The number of fused-ring (bicyclic) bond motifs is 1. The zero-order chi connectivity index (χ0) is 22.2. The average Bonchev–Trinajstić information content (AvgIpc) is 2.83. The first-order chi connectivity index (χ1) is 15.7. The van der Waals surface area contributed by atoms with Crippen molar-refractivity contribution >= 4 is 17.5 Å². The van der Waals surface area contributed by atoms with E-state index in [1.165, 1.54) is 0 Å². The Morgan fingerprint density at radius 1 is 0.906 bits per heavy atom. The van der Waals surface area contributed by atoms with Crippen molar-refractivity contribution in [2.75, 3.05) is 18.1 Å². The Bertz CT molecular complexity index is 1070. The van der Waals surface area contributed by atoms with Crippen molar-refractivity contribution in [2.45, 2.75) is 26.2 Å². The lowest BCUT2D eigenvalue weighted by molar-refractivity contribution is -0.122. The van der Waals surface area contributed by atoms with Gasteiger partial charge in [-0.15, -0.1) is 0 Å². The van der Waals surface area contributed by atoms with Gasteiger partial charge in [0, 0.05) is 19.5 Å². The molecule has 0 radical (unpaired) electrons. The van der Waals surface area contributed by atoms with Crippen LogP contribution in [-0.2, 0) is 34.1 Å². The lowest BCUT2D eigenvalue weighted by Crippen LogP contribution is -2.41. The van der Waals surface area contributed by atoms with Crippen LogP contribution in [0.15, 0.2) is 78.9 Å². The molecular weight excluding hydrogens is 404 g/mol. The van der Waals surface area contributed by atoms with Crippen molar-refractivity contribution in [3.05, 3.63) is 95.6 Å². The van der Waals surface area contributed by atoms with Crippen molar-refractivity contribution in [3.8, 4) is 5.75 Å². The molecule has 0 aliphatic carbocycles. The molecule has 1 aliphatic rings. The molecule has 32 heavy (non-hydrogen) atoms. The van der Waals surface area contributed by atoms with Gasteiger partial charge in [-0.05, 0) is 28.8 Å². The highest BCUT2D eigenvalue weighted by molar-refractivity contribution is 5.98. The largest absolute Gasteiger partial charge is 0.482 e. The molecule has 2 amide bonds. The van der Waals surface area contributed by atoms with Crippen LogP contribution in [0.3, 0.4) is 0 Å². The maximum Gasteiger partial charge on any atom is 0.265 e. The van der Waals surface area contributed by atoms with Crippen LogP contribution in [0.25, 0.3) is 0 Å². The van der Waals surface area contributed by atoms with E-state index in [0.717, 1.165) is 16.7 Å². The fourth-order valence-corrected chi connectivity index (χ4v) is 3.59. The highest BCUT2D eigenvalue weighted by atomic mass is 16.5. The molecule has 1 N–H and O–H groups in total. The molecule has 0 aromatic heterocycles. The quantitative estimate of drug-likeness (QED) is 0.560. The molecule has 3 aromatic rings. The second-order valence-electron chi connectivity index (χ2n) is 7.63. The number of rotatable bonds is 9. The number of hydrogen-bond donors (Lipinski definition) is 1. The Kier molecular flexibility index (Phi) is 7.15. The maximum absolute atomic E-state index is 12.4. The number of nitrogens with one attached hydrogen (secondary N) is 1. The predicted molar refractivity (Wildman–Crippen MR) is 122 cm³/mol. The number of nitrogens with zero attached hydrogens (tertiary/aromatic N) is 1. The zero-order valence-electron chi connectivity index (χ0n) is 17.8. The van der Waals surface area contributed by atoms with Gasteiger partial charge < -0.3 is 19.7 Å². The number of anilines is 1. The Morgan fingerprint density at radius 2 is 1.62 bits per heavy atom. The van der Waals surface area contributed by atoms with E-state index >= 15 is 0 Å². The predicted octanol–water partition coefficient (Wildman–Crippen LogP) is 3.84.